The largest absolute Gasteiger partial charge is 0.268 e. The smallest absolute Gasteiger partial charge is 0.264 e. The second-order valence-corrected chi connectivity index (χ2v) is 4.88. The molecule has 0 unspecified atom stereocenters. The summed E-state index contributed by atoms with van der Waals surface area (Å²) in [5.74, 6) is -0.995. The van der Waals surface area contributed by atoms with E-state index in [0.29, 0.717) is 5.69 Å². The molecule has 5 heteroatoms. The summed E-state index contributed by atoms with van der Waals surface area (Å²) in [5, 5.41) is 6.44. The van der Waals surface area contributed by atoms with Gasteiger partial charge < -0.3 is 0 Å². The van der Waals surface area contributed by atoms with E-state index in [1.54, 1.807) is 30.3 Å². The molecule has 0 amide bonds. The topological polar surface area (TPSA) is 45.8 Å². The molecule has 3 nitrogen and oxygen atoms in total. The minimum atomic E-state index is -0.337. The Morgan fingerprint density at radius 3 is 1.68 bits per heavy atom. The fourth-order valence-electron chi connectivity index (χ4n) is 2.36. The third kappa shape index (κ3) is 2.93. The minimum absolute atomic E-state index is 0.305. The molecule has 110 valence electrons. The van der Waals surface area contributed by atoms with Crippen molar-refractivity contribution < 1.29 is 8.78 Å². The van der Waals surface area contributed by atoms with Gasteiger partial charge in [-0.25, -0.2) is 13.9 Å². The van der Waals surface area contributed by atoms with Crippen molar-refractivity contribution in [3.05, 3.63) is 99.5 Å². The average molecular weight is 298 g/mol. The van der Waals surface area contributed by atoms with E-state index in [0.717, 1.165) is 11.1 Å². The first-order valence-electron chi connectivity index (χ1n) is 6.70. The van der Waals surface area contributed by atoms with Crippen LogP contribution in [0.25, 0.3) is 0 Å². The van der Waals surface area contributed by atoms with Crippen LogP contribution >= 0.6 is 0 Å². The first kappa shape index (κ1) is 14.1. The molecule has 1 heterocycles. The number of H-pyrrole nitrogens is 1. The summed E-state index contributed by atoms with van der Waals surface area (Å²) in [6.45, 7) is 0. The van der Waals surface area contributed by atoms with Crippen molar-refractivity contribution >= 4 is 0 Å². The van der Waals surface area contributed by atoms with Crippen molar-refractivity contribution in [3.8, 4) is 0 Å². The SMILES string of the molecule is O=c1ccc(C(c2ccc(F)cc2)c2ccc(F)cc2)n[nH]1. The van der Waals surface area contributed by atoms with Crippen molar-refractivity contribution in [1.82, 2.24) is 10.2 Å². The summed E-state index contributed by atoms with van der Waals surface area (Å²) >= 11 is 0. The van der Waals surface area contributed by atoms with Gasteiger partial charge in [0.05, 0.1) is 11.6 Å². The van der Waals surface area contributed by atoms with Gasteiger partial charge in [0, 0.05) is 6.07 Å². The predicted molar refractivity (Wildman–Crippen MR) is 78.6 cm³/mol. The first-order chi connectivity index (χ1) is 10.6. The van der Waals surface area contributed by atoms with Gasteiger partial charge in [-0.15, -0.1) is 0 Å². The van der Waals surface area contributed by atoms with Gasteiger partial charge in [-0.3, -0.25) is 4.79 Å². The Hall–Kier alpha value is -2.82. The second kappa shape index (κ2) is 5.89. The minimum Gasteiger partial charge on any atom is -0.268 e. The number of benzene rings is 2. The van der Waals surface area contributed by atoms with Crippen LogP contribution in [0.2, 0.25) is 0 Å². The van der Waals surface area contributed by atoms with Crippen LogP contribution in [-0.2, 0) is 0 Å². The van der Waals surface area contributed by atoms with Crippen molar-refractivity contribution in [2.75, 3.05) is 0 Å². The Labute approximate surface area is 125 Å². The van der Waals surface area contributed by atoms with Crippen LogP contribution in [0.5, 0.6) is 0 Å². The van der Waals surface area contributed by atoms with Gasteiger partial charge in [-0.2, -0.15) is 5.10 Å². The van der Waals surface area contributed by atoms with Crippen molar-refractivity contribution in [1.29, 1.82) is 0 Å². The standard InChI is InChI=1S/C17H12F2N2O/c18-13-5-1-11(2-6-13)17(12-3-7-14(19)8-4-12)15-9-10-16(22)21-20-15/h1-10,17H,(H,21,22). The van der Waals surface area contributed by atoms with E-state index in [4.69, 9.17) is 0 Å². The van der Waals surface area contributed by atoms with Gasteiger partial charge in [-0.1, -0.05) is 24.3 Å². The molecule has 3 aromatic rings. The van der Waals surface area contributed by atoms with Crippen LogP contribution in [-0.4, -0.2) is 10.2 Å². The van der Waals surface area contributed by atoms with Crippen LogP contribution in [0.3, 0.4) is 0 Å². The summed E-state index contributed by atoms with van der Waals surface area (Å²) in [6, 6.07) is 15.0. The lowest BCUT2D eigenvalue weighted by Gasteiger charge is -2.17. The highest BCUT2D eigenvalue weighted by molar-refractivity contribution is 5.40. The highest BCUT2D eigenvalue weighted by atomic mass is 19.1. The number of halogens is 2. The molecule has 1 aromatic heterocycles. The molecule has 0 saturated carbocycles. The number of aromatic nitrogens is 2. The van der Waals surface area contributed by atoms with Crippen molar-refractivity contribution in [3.63, 3.8) is 0 Å². The lowest BCUT2D eigenvalue weighted by molar-refractivity contribution is 0.625. The zero-order valence-corrected chi connectivity index (χ0v) is 11.5. The molecule has 3 rings (SSSR count). The van der Waals surface area contributed by atoms with Gasteiger partial charge in [0.2, 0.25) is 0 Å². The molecule has 22 heavy (non-hydrogen) atoms. The maximum absolute atomic E-state index is 13.1. The fourth-order valence-corrected chi connectivity index (χ4v) is 2.36. The summed E-state index contributed by atoms with van der Waals surface area (Å²) in [7, 11) is 0. The number of hydrogen-bond donors (Lipinski definition) is 1. The molecule has 0 bridgehead atoms. The highest BCUT2D eigenvalue weighted by Crippen LogP contribution is 2.30. The highest BCUT2D eigenvalue weighted by Gasteiger charge is 2.18. The van der Waals surface area contributed by atoms with E-state index in [-0.39, 0.29) is 23.1 Å². The number of nitrogens with one attached hydrogen (secondary N) is 1. The molecule has 0 aliphatic rings. The molecular formula is C17H12F2N2O. The number of aromatic amines is 1. The normalized spacial score (nSPS) is 10.9. The van der Waals surface area contributed by atoms with Crippen LogP contribution in [0.15, 0.2) is 65.5 Å². The molecule has 0 aliphatic heterocycles. The van der Waals surface area contributed by atoms with Crippen molar-refractivity contribution in [2.45, 2.75) is 5.92 Å². The molecule has 2 aromatic carbocycles. The van der Waals surface area contributed by atoms with E-state index in [1.165, 1.54) is 30.3 Å². The zero-order valence-electron chi connectivity index (χ0n) is 11.5. The third-order valence-electron chi connectivity index (χ3n) is 3.40. The van der Waals surface area contributed by atoms with Crippen LogP contribution < -0.4 is 5.56 Å². The van der Waals surface area contributed by atoms with Crippen LogP contribution in [0.1, 0.15) is 22.7 Å². The van der Waals surface area contributed by atoms with E-state index in [1.807, 2.05) is 0 Å². The summed E-state index contributed by atoms with van der Waals surface area (Å²) in [5.41, 5.74) is 1.89. The van der Waals surface area contributed by atoms with Gasteiger partial charge in [0.25, 0.3) is 5.56 Å². The third-order valence-corrected chi connectivity index (χ3v) is 3.40. The number of nitrogens with zero attached hydrogens (tertiary/aromatic N) is 1. The molecule has 0 aliphatic carbocycles. The zero-order chi connectivity index (χ0) is 15.5. The predicted octanol–water partition coefficient (Wildman–Crippen LogP) is 3.23. The van der Waals surface area contributed by atoms with Gasteiger partial charge in [0.15, 0.2) is 0 Å². The summed E-state index contributed by atoms with van der Waals surface area (Å²) < 4.78 is 26.3. The molecule has 0 atom stereocenters. The van der Waals surface area contributed by atoms with Gasteiger partial charge in [0.1, 0.15) is 11.6 Å². The molecule has 0 fully saturated rings. The quantitative estimate of drug-likeness (QED) is 0.807. The monoisotopic (exact) mass is 298 g/mol. The molecule has 0 saturated heterocycles. The summed E-state index contributed by atoms with van der Waals surface area (Å²) in [4.78, 5) is 11.2. The average Bonchev–Trinajstić information content (AvgIpc) is 2.53. The molecule has 1 N–H and O–H groups in total. The Bertz CT molecular complexity index is 761. The Kier molecular flexibility index (Phi) is 3.78. The number of rotatable bonds is 3. The Morgan fingerprint density at radius 2 is 1.27 bits per heavy atom. The lowest BCUT2D eigenvalue weighted by Crippen LogP contribution is -2.12. The molecule has 0 spiro atoms. The van der Waals surface area contributed by atoms with E-state index < -0.39 is 0 Å². The maximum Gasteiger partial charge on any atom is 0.264 e. The maximum atomic E-state index is 13.1. The first-order valence-corrected chi connectivity index (χ1v) is 6.70. The van der Waals surface area contributed by atoms with Crippen LogP contribution in [0, 0.1) is 11.6 Å². The van der Waals surface area contributed by atoms with E-state index in [9.17, 15) is 13.6 Å². The van der Waals surface area contributed by atoms with Gasteiger partial charge in [-0.05, 0) is 41.5 Å². The summed E-state index contributed by atoms with van der Waals surface area (Å²) in [6.07, 6.45) is 0. The van der Waals surface area contributed by atoms with Crippen molar-refractivity contribution in [2.24, 2.45) is 0 Å². The lowest BCUT2D eigenvalue weighted by atomic mass is 9.88. The van der Waals surface area contributed by atoms with E-state index >= 15 is 0 Å². The number of hydrogen-bond acceptors (Lipinski definition) is 2. The van der Waals surface area contributed by atoms with Gasteiger partial charge >= 0.3 is 0 Å². The molecule has 0 radical (unpaired) electrons. The van der Waals surface area contributed by atoms with E-state index in [2.05, 4.69) is 10.2 Å². The Balaban J connectivity index is 2.12. The second-order valence-electron chi connectivity index (χ2n) is 4.88. The van der Waals surface area contributed by atoms with Crippen LogP contribution in [0.4, 0.5) is 8.78 Å². The Morgan fingerprint density at radius 1 is 0.773 bits per heavy atom. The molecular weight excluding hydrogens is 286 g/mol. The fraction of sp³-hybridized carbons (Fsp3) is 0.0588.